The average Bonchev–Trinajstić information content (AvgIpc) is 3.23. The van der Waals surface area contributed by atoms with Gasteiger partial charge in [0, 0.05) is 24.5 Å². The summed E-state index contributed by atoms with van der Waals surface area (Å²) >= 11 is 1.35. The number of nitrogens with zero attached hydrogens (tertiary/aromatic N) is 2. The fourth-order valence-corrected chi connectivity index (χ4v) is 4.25. The summed E-state index contributed by atoms with van der Waals surface area (Å²) in [4.78, 5) is 40.8. The lowest BCUT2D eigenvalue weighted by Gasteiger charge is -2.27. The van der Waals surface area contributed by atoms with E-state index in [4.69, 9.17) is 4.74 Å². The first kappa shape index (κ1) is 20.7. The second kappa shape index (κ2) is 8.71. The first-order valence-corrected chi connectivity index (χ1v) is 11.0. The monoisotopic (exact) mass is 458 g/mol. The molecule has 1 aliphatic heterocycles. The van der Waals surface area contributed by atoms with Crippen LogP contribution in [-0.2, 0) is 9.59 Å². The molecule has 1 aliphatic rings. The maximum atomic E-state index is 12.7. The van der Waals surface area contributed by atoms with E-state index in [2.05, 4.69) is 15.7 Å². The Hall–Kier alpha value is -4.24. The molecule has 1 fully saturated rings. The fraction of sp³-hybridized carbons (Fsp3) is 0.0833. The van der Waals surface area contributed by atoms with Gasteiger partial charge >= 0.3 is 0 Å². The second-order valence-corrected chi connectivity index (χ2v) is 8.36. The van der Waals surface area contributed by atoms with Crippen molar-refractivity contribution in [2.45, 2.75) is 12.8 Å². The first-order valence-electron chi connectivity index (χ1n) is 10.2. The van der Waals surface area contributed by atoms with Gasteiger partial charge in [0.2, 0.25) is 11.8 Å². The summed E-state index contributed by atoms with van der Waals surface area (Å²) in [6.07, 6.45) is 0.335. The largest absolute Gasteiger partial charge is 0.457 e. The number of benzene rings is 3. The number of amides is 3. The van der Waals surface area contributed by atoms with Crippen LogP contribution in [0.25, 0.3) is 10.2 Å². The summed E-state index contributed by atoms with van der Waals surface area (Å²) in [6, 6.07) is 21.5. The van der Waals surface area contributed by atoms with Crippen LogP contribution in [0.5, 0.6) is 11.5 Å². The summed E-state index contributed by atoms with van der Waals surface area (Å²) in [7, 11) is 0. The molecule has 1 aromatic heterocycles. The third kappa shape index (κ3) is 4.53. The Morgan fingerprint density at radius 3 is 2.55 bits per heavy atom. The van der Waals surface area contributed by atoms with Gasteiger partial charge in [-0.15, -0.1) is 0 Å². The molecule has 0 saturated carbocycles. The van der Waals surface area contributed by atoms with Gasteiger partial charge in [0.15, 0.2) is 5.13 Å². The Bertz CT molecular complexity index is 1350. The topological polar surface area (TPSA) is 101 Å². The van der Waals surface area contributed by atoms with E-state index in [9.17, 15) is 14.4 Å². The summed E-state index contributed by atoms with van der Waals surface area (Å²) in [5.41, 5.74) is 4.19. The van der Waals surface area contributed by atoms with E-state index in [0.29, 0.717) is 22.1 Å². The highest BCUT2D eigenvalue weighted by Gasteiger charge is 2.24. The molecule has 3 amide bonds. The molecule has 164 valence electrons. The summed E-state index contributed by atoms with van der Waals surface area (Å²) in [5.74, 6) is 0.686. The summed E-state index contributed by atoms with van der Waals surface area (Å²) in [5, 5.41) is 4.48. The molecule has 0 bridgehead atoms. The zero-order valence-corrected chi connectivity index (χ0v) is 18.1. The standard InChI is InChI=1S/C24H18N4O4S/c29-21-12-13-22(30)28(27-21)16-8-6-15(7-9-16)23(31)26-24-25-19-11-10-18(14-20(19)33-24)32-17-4-2-1-3-5-17/h1-11,14H,12-13H2,(H,27,29)(H,25,26,31). The molecule has 2 heterocycles. The van der Waals surface area contributed by atoms with Crippen molar-refractivity contribution in [1.82, 2.24) is 10.4 Å². The molecular formula is C24H18N4O4S. The molecule has 0 unspecified atom stereocenters. The minimum atomic E-state index is -0.324. The normalized spacial score (nSPS) is 13.6. The molecule has 1 saturated heterocycles. The highest BCUT2D eigenvalue weighted by Crippen LogP contribution is 2.31. The van der Waals surface area contributed by atoms with E-state index >= 15 is 0 Å². The molecule has 33 heavy (non-hydrogen) atoms. The number of hydrogen-bond acceptors (Lipinski definition) is 6. The van der Waals surface area contributed by atoms with Crippen LogP contribution in [0.15, 0.2) is 72.8 Å². The highest BCUT2D eigenvalue weighted by atomic mass is 32.1. The van der Waals surface area contributed by atoms with Crippen LogP contribution in [0.2, 0.25) is 0 Å². The van der Waals surface area contributed by atoms with Gasteiger partial charge in [-0.2, -0.15) is 0 Å². The van der Waals surface area contributed by atoms with Crippen molar-refractivity contribution in [3.05, 3.63) is 78.4 Å². The molecule has 3 aromatic carbocycles. The highest BCUT2D eigenvalue weighted by molar-refractivity contribution is 7.22. The van der Waals surface area contributed by atoms with Crippen LogP contribution in [0.1, 0.15) is 23.2 Å². The Kier molecular flexibility index (Phi) is 5.45. The van der Waals surface area contributed by atoms with E-state index in [1.807, 2.05) is 48.5 Å². The third-order valence-corrected chi connectivity index (χ3v) is 5.93. The minimum Gasteiger partial charge on any atom is -0.457 e. The number of nitrogens with one attached hydrogen (secondary N) is 2. The number of rotatable bonds is 5. The SMILES string of the molecule is O=C1CCC(=O)N(c2ccc(C(=O)Nc3nc4ccc(Oc5ccccc5)cc4s3)cc2)N1. The van der Waals surface area contributed by atoms with Crippen molar-refractivity contribution in [2.24, 2.45) is 0 Å². The molecule has 0 spiro atoms. The Morgan fingerprint density at radius 1 is 0.970 bits per heavy atom. The number of carbonyl (C=O) groups is 3. The van der Waals surface area contributed by atoms with Crippen LogP contribution in [-0.4, -0.2) is 22.7 Å². The molecule has 0 atom stereocenters. The van der Waals surface area contributed by atoms with E-state index < -0.39 is 0 Å². The Balaban J connectivity index is 1.28. The van der Waals surface area contributed by atoms with Gasteiger partial charge in [-0.05, 0) is 48.5 Å². The number of fused-ring (bicyclic) bond motifs is 1. The van der Waals surface area contributed by atoms with Crippen molar-refractivity contribution < 1.29 is 19.1 Å². The number of ether oxygens (including phenoxy) is 1. The van der Waals surface area contributed by atoms with Gasteiger partial charge in [0.1, 0.15) is 11.5 Å². The average molecular weight is 458 g/mol. The van der Waals surface area contributed by atoms with Gasteiger partial charge in [-0.3, -0.25) is 25.1 Å². The van der Waals surface area contributed by atoms with E-state index in [1.54, 1.807) is 24.3 Å². The lowest BCUT2D eigenvalue weighted by atomic mass is 10.1. The zero-order chi connectivity index (χ0) is 22.8. The van der Waals surface area contributed by atoms with E-state index in [-0.39, 0.29) is 30.6 Å². The quantitative estimate of drug-likeness (QED) is 0.459. The van der Waals surface area contributed by atoms with Crippen LogP contribution in [0, 0.1) is 0 Å². The van der Waals surface area contributed by atoms with Gasteiger partial charge in [0.05, 0.1) is 15.9 Å². The van der Waals surface area contributed by atoms with E-state index in [1.165, 1.54) is 16.3 Å². The maximum Gasteiger partial charge on any atom is 0.257 e. The number of para-hydroxylation sites is 1. The first-order chi connectivity index (χ1) is 16.0. The van der Waals surface area contributed by atoms with Gasteiger partial charge in [-0.1, -0.05) is 29.5 Å². The lowest BCUT2D eigenvalue weighted by Crippen LogP contribution is -2.50. The molecule has 9 heteroatoms. The van der Waals surface area contributed by atoms with Crippen molar-refractivity contribution in [3.63, 3.8) is 0 Å². The third-order valence-electron chi connectivity index (χ3n) is 5.00. The molecule has 8 nitrogen and oxygen atoms in total. The van der Waals surface area contributed by atoms with Gasteiger partial charge < -0.3 is 4.74 Å². The molecule has 2 N–H and O–H groups in total. The molecule has 0 radical (unpaired) electrons. The summed E-state index contributed by atoms with van der Waals surface area (Å²) < 4.78 is 6.74. The predicted molar refractivity (Wildman–Crippen MR) is 125 cm³/mol. The number of hydrogen-bond donors (Lipinski definition) is 2. The Morgan fingerprint density at radius 2 is 1.76 bits per heavy atom. The van der Waals surface area contributed by atoms with Gasteiger partial charge in [-0.25, -0.2) is 9.99 Å². The Labute approximate surface area is 192 Å². The van der Waals surface area contributed by atoms with Crippen molar-refractivity contribution in [3.8, 4) is 11.5 Å². The molecule has 4 aromatic rings. The number of anilines is 2. The van der Waals surface area contributed by atoms with Crippen LogP contribution in [0.3, 0.4) is 0 Å². The molecular weight excluding hydrogens is 440 g/mol. The molecule has 0 aliphatic carbocycles. The van der Waals surface area contributed by atoms with Crippen LogP contribution < -0.4 is 20.5 Å². The number of hydrazine groups is 1. The van der Waals surface area contributed by atoms with Crippen LogP contribution in [0.4, 0.5) is 10.8 Å². The lowest BCUT2D eigenvalue weighted by molar-refractivity contribution is -0.130. The smallest absolute Gasteiger partial charge is 0.257 e. The molecule has 5 rings (SSSR count). The maximum absolute atomic E-state index is 12.7. The van der Waals surface area contributed by atoms with Crippen molar-refractivity contribution in [1.29, 1.82) is 0 Å². The van der Waals surface area contributed by atoms with Gasteiger partial charge in [0.25, 0.3) is 5.91 Å². The number of carbonyl (C=O) groups excluding carboxylic acids is 3. The van der Waals surface area contributed by atoms with E-state index in [0.717, 1.165) is 16.0 Å². The second-order valence-electron chi connectivity index (χ2n) is 7.33. The predicted octanol–water partition coefficient (Wildman–Crippen LogP) is 4.50. The van der Waals surface area contributed by atoms with Crippen molar-refractivity contribution >= 4 is 50.1 Å². The van der Waals surface area contributed by atoms with Crippen molar-refractivity contribution in [2.75, 3.05) is 10.3 Å². The zero-order valence-electron chi connectivity index (χ0n) is 17.3. The minimum absolute atomic E-state index is 0.157. The summed E-state index contributed by atoms with van der Waals surface area (Å²) in [6.45, 7) is 0. The fourth-order valence-electron chi connectivity index (χ4n) is 3.36. The number of thiazole rings is 1. The number of aromatic nitrogens is 1. The van der Waals surface area contributed by atoms with Crippen LogP contribution >= 0.6 is 11.3 Å².